The third-order valence-corrected chi connectivity index (χ3v) is 2.49. The predicted molar refractivity (Wildman–Crippen MR) is 51.0 cm³/mol. The van der Waals surface area contributed by atoms with Gasteiger partial charge in [0.2, 0.25) is 0 Å². The summed E-state index contributed by atoms with van der Waals surface area (Å²) >= 11 is 5.86. The summed E-state index contributed by atoms with van der Waals surface area (Å²) in [6.07, 6.45) is 2.01. The van der Waals surface area contributed by atoms with Crippen LogP contribution in [0.25, 0.3) is 0 Å². The minimum atomic E-state index is 0.150. The SMILES string of the molecule is Cc1ccc(C(=O)C2CC2)c(Cl)n1. The topological polar surface area (TPSA) is 30.0 Å². The van der Waals surface area contributed by atoms with Crippen LogP contribution in [-0.4, -0.2) is 10.8 Å². The zero-order valence-corrected chi connectivity index (χ0v) is 8.14. The molecule has 1 heterocycles. The van der Waals surface area contributed by atoms with Crippen LogP contribution in [0.15, 0.2) is 12.1 Å². The summed E-state index contributed by atoms with van der Waals surface area (Å²) in [5.41, 5.74) is 1.42. The van der Waals surface area contributed by atoms with Crippen LogP contribution >= 0.6 is 11.6 Å². The zero-order valence-electron chi connectivity index (χ0n) is 7.38. The predicted octanol–water partition coefficient (Wildman–Crippen LogP) is 2.64. The van der Waals surface area contributed by atoms with Crippen LogP contribution in [0.3, 0.4) is 0 Å². The van der Waals surface area contributed by atoms with Crippen molar-refractivity contribution in [2.24, 2.45) is 5.92 Å². The molecule has 1 aromatic heterocycles. The van der Waals surface area contributed by atoms with E-state index < -0.39 is 0 Å². The molecule has 1 aliphatic rings. The first-order valence-corrected chi connectivity index (χ1v) is 4.73. The van der Waals surface area contributed by atoms with E-state index in [-0.39, 0.29) is 11.7 Å². The number of aromatic nitrogens is 1. The molecule has 3 heteroatoms. The largest absolute Gasteiger partial charge is 0.294 e. The van der Waals surface area contributed by atoms with Crippen molar-refractivity contribution < 1.29 is 4.79 Å². The van der Waals surface area contributed by atoms with E-state index in [1.807, 2.05) is 13.0 Å². The lowest BCUT2D eigenvalue weighted by Gasteiger charge is -2.01. The minimum Gasteiger partial charge on any atom is -0.294 e. The van der Waals surface area contributed by atoms with Gasteiger partial charge in [-0.05, 0) is 31.9 Å². The van der Waals surface area contributed by atoms with Crippen molar-refractivity contribution in [1.29, 1.82) is 0 Å². The Labute approximate surface area is 81.9 Å². The number of ketones is 1. The van der Waals surface area contributed by atoms with Gasteiger partial charge in [-0.3, -0.25) is 4.79 Å². The van der Waals surface area contributed by atoms with Gasteiger partial charge >= 0.3 is 0 Å². The second-order valence-corrected chi connectivity index (χ2v) is 3.79. The van der Waals surface area contributed by atoms with Crippen LogP contribution in [0.2, 0.25) is 5.15 Å². The molecule has 0 aliphatic heterocycles. The van der Waals surface area contributed by atoms with Crippen LogP contribution in [0, 0.1) is 12.8 Å². The van der Waals surface area contributed by atoms with E-state index in [1.165, 1.54) is 0 Å². The van der Waals surface area contributed by atoms with Crippen LogP contribution in [0.4, 0.5) is 0 Å². The Morgan fingerprint density at radius 3 is 2.77 bits per heavy atom. The Hall–Kier alpha value is -0.890. The fourth-order valence-corrected chi connectivity index (χ4v) is 1.56. The number of carbonyl (C=O) groups excluding carboxylic acids is 1. The maximum absolute atomic E-state index is 11.6. The molecule has 1 saturated carbocycles. The molecule has 2 rings (SSSR count). The lowest BCUT2D eigenvalue weighted by Crippen LogP contribution is -2.03. The maximum Gasteiger partial charge on any atom is 0.169 e. The highest BCUT2D eigenvalue weighted by atomic mass is 35.5. The number of aryl methyl sites for hydroxylation is 1. The van der Waals surface area contributed by atoms with Gasteiger partial charge in [0.1, 0.15) is 5.15 Å². The minimum absolute atomic E-state index is 0.150. The van der Waals surface area contributed by atoms with Gasteiger partial charge in [0.15, 0.2) is 5.78 Å². The Morgan fingerprint density at radius 1 is 1.54 bits per heavy atom. The first kappa shape index (κ1) is 8.70. The maximum atomic E-state index is 11.6. The van der Waals surface area contributed by atoms with E-state index in [9.17, 15) is 4.79 Å². The van der Waals surface area contributed by atoms with Crippen LogP contribution in [0.1, 0.15) is 28.9 Å². The molecule has 0 bridgehead atoms. The number of rotatable bonds is 2. The molecule has 0 radical (unpaired) electrons. The summed E-state index contributed by atoms with van der Waals surface area (Å²) in [4.78, 5) is 15.7. The molecule has 0 aromatic carbocycles. The summed E-state index contributed by atoms with van der Waals surface area (Å²) in [5.74, 6) is 0.361. The van der Waals surface area contributed by atoms with Gasteiger partial charge < -0.3 is 0 Å². The molecule has 1 aliphatic carbocycles. The normalized spacial score (nSPS) is 15.8. The van der Waals surface area contributed by atoms with Crippen LogP contribution < -0.4 is 0 Å². The third-order valence-electron chi connectivity index (χ3n) is 2.20. The van der Waals surface area contributed by atoms with Crippen molar-refractivity contribution in [1.82, 2.24) is 4.98 Å². The highest BCUT2D eigenvalue weighted by Gasteiger charge is 2.31. The lowest BCUT2D eigenvalue weighted by atomic mass is 10.1. The lowest BCUT2D eigenvalue weighted by molar-refractivity contribution is 0.0967. The van der Waals surface area contributed by atoms with E-state index >= 15 is 0 Å². The fraction of sp³-hybridized carbons (Fsp3) is 0.400. The number of carbonyl (C=O) groups is 1. The number of halogens is 1. The van der Waals surface area contributed by atoms with Crippen molar-refractivity contribution in [2.45, 2.75) is 19.8 Å². The average Bonchev–Trinajstić information content (AvgIpc) is 2.85. The highest BCUT2D eigenvalue weighted by molar-refractivity contribution is 6.32. The van der Waals surface area contributed by atoms with Crippen molar-refractivity contribution in [2.75, 3.05) is 0 Å². The number of Topliss-reactive ketones (excluding diaryl/α,β-unsaturated/α-hetero) is 1. The second-order valence-electron chi connectivity index (χ2n) is 3.43. The van der Waals surface area contributed by atoms with Crippen LogP contribution in [0.5, 0.6) is 0 Å². The smallest absolute Gasteiger partial charge is 0.169 e. The average molecular weight is 196 g/mol. The van der Waals surface area contributed by atoms with Gasteiger partial charge in [-0.1, -0.05) is 11.6 Å². The van der Waals surface area contributed by atoms with Gasteiger partial charge in [-0.25, -0.2) is 4.98 Å². The van der Waals surface area contributed by atoms with Gasteiger partial charge in [0.25, 0.3) is 0 Å². The van der Waals surface area contributed by atoms with Crippen molar-refractivity contribution in [3.8, 4) is 0 Å². The quantitative estimate of drug-likeness (QED) is 0.537. The van der Waals surface area contributed by atoms with Gasteiger partial charge in [-0.15, -0.1) is 0 Å². The summed E-state index contributed by atoms with van der Waals surface area (Å²) in [5, 5.41) is 0.344. The number of pyridine rings is 1. The van der Waals surface area contributed by atoms with E-state index in [2.05, 4.69) is 4.98 Å². The van der Waals surface area contributed by atoms with E-state index in [0.29, 0.717) is 10.7 Å². The molecule has 0 N–H and O–H groups in total. The molecule has 1 fully saturated rings. The highest BCUT2D eigenvalue weighted by Crippen LogP contribution is 2.34. The molecule has 2 nitrogen and oxygen atoms in total. The van der Waals surface area contributed by atoms with Gasteiger partial charge in [0.05, 0.1) is 5.56 Å². The zero-order chi connectivity index (χ0) is 9.42. The van der Waals surface area contributed by atoms with Crippen LogP contribution in [-0.2, 0) is 0 Å². The fourth-order valence-electron chi connectivity index (χ4n) is 1.27. The summed E-state index contributed by atoms with van der Waals surface area (Å²) in [7, 11) is 0. The first-order valence-electron chi connectivity index (χ1n) is 4.36. The van der Waals surface area contributed by atoms with E-state index in [0.717, 1.165) is 18.5 Å². The molecule has 0 unspecified atom stereocenters. The molecular weight excluding hydrogens is 186 g/mol. The molecule has 13 heavy (non-hydrogen) atoms. The Morgan fingerprint density at radius 2 is 2.23 bits per heavy atom. The van der Waals surface area contributed by atoms with Gasteiger partial charge in [-0.2, -0.15) is 0 Å². The molecule has 0 spiro atoms. The Kier molecular flexibility index (Phi) is 2.08. The Balaban J connectivity index is 2.33. The molecule has 68 valence electrons. The first-order chi connectivity index (χ1) is 6.18. The number of hydrogen-bond acceptors (Lipinski definition) is 2. The number of hydrogen-bond donors (Lipinski definition) is 0. The standard InChI is InChI=1S/C10H10ClNO/c1-6-2-5-8(10(11)12-6)9(13)7-3-4-7/h2,5,7H,3-4H2,1H3. The number of nitrogens with zero attached hydrogens (tertiary/aromatic N) is 1. The van der Waals surface area contributed by atoms with E-state index in [4.69, 9.17) is 11.6 Å². The van der Waals surface area contributed by atoms with E-state index in [1.54, 1.807) is 6.07 Å². The molecule has 0 saturated heterocycles. The molecule has 0 atom stereocenters. The molecule has 0 amide bonds. The molecular formula is C10H10ClNO. The van der Waals surface area contributed by atoms with Crippen molar-refractivity contribution >= 4 is 17.4 Å². The van der Waals surface area contributed by atoms with Crippen molar-refractivity contribution in [3.05, 3.63) is 28.5 Å². The second kappa shape index (κ2) is 3.11. The summed E-state index contributed by atoms with van der Waals surface area (Å²) in [6.45, 7) is 1.86. The van der Waals surface area contributed by atoms with Gasteiger partial charge in [0, 0.05) is 11.6 Å². The monoisotopic (exact) mass is 195 g/mol. The third kappa shape index (κ3) is 1.73. The summed E-state index contributed by atoms with van der Waals surface area (Å²) in [6, 6.07) is 3.59. The Bertz CT molecular complexity index is 358. The summed E-state index contributed by atoms with van der Waals surface area (Å²) < 4.78 is 0. The molecule has 1 aromatic rings. The van der Waals surface area contributed by atoms with Crippen molar-refractivity contribution in [3.63, 3.8) is 0 Å².